The Bertz CT molecular complexity index is 700. The molecule has 0 spiro atoms. The third-order valence-corrected chi connectivity index (χ3v) is 3.26. The molecule has 2 aromatic heterocycles. The normalized spacial score (nSPS) is 15.7. The van der Waals surface area contributed by atoms with Crippen molar-refractivity contribution in [3.05, 3.63) is 40.8 Å². The predicted octanol–water partition coefficient (Wildman–Crippen LogP) is 2.22. The number of carbonyl (C=O) groups is 1. The second kappa shape index (κ2) is 3.98. The van der Waals surface area contributed by atoms with E-state index in [1.807, 2.05) is 12.1 Å². The van der Waals surface area contributed by atoms with Gasteiger partial charge in [-0.25, -0.2) is 4.98 Å². The molecule has 0 radical (unpaired) electrons. The number of aryl methyl sites for hydroxylation is 1. The van der Waals surface area contributed by atoms with E-state index in [-0.39, 0.29) is 11.7 Å². The summed E-state index contributed by atoms with van der Waals surface area (Å²) in [4.78, 5) is 19.2. The Hall–Kier alpha value is -2.56. The zero-order chi connectivity index (χ0) is 13.6. The minimum Gasteiger partial charge on any atom is -0.506 e. The summed E-state index contributed by atoms with van der Waals surface area (Å²) in [6.07, 6.45) is 3.54. The fourth-order valence-corrected chi connectivity index (χ4v) is 2.28. The van der Waals surface area contributed by atoms with Crippen LogP contribution in [0, 0.1) is 13.8 Å². The van der Waals surface area contributed by atoms with Crippen molar-refractivity contribution in [2.24, 2.45) is 0 Å². The molecule has 3 rings (SSSR count). The van der Waals surface area contributed by atoms with Gasteiger partial charge in [-0.15, -0.1) is 0 Å². The summed E-state index contributed by atoms with van der Waals surface area (Å²) in [6.45, 7) is 3.49. The number of anilines is 1. The van der Waals surface area contributed by atoms with Crippen molar-refractivity contribution in [2.45, 2.75) is 13.8 Å². The van der Waals surface area contributed by atoms with Gasteiger partial charge in [-0.1, -0.05) is 0 Å². The van der Waals surface area contributed by atoms with Crippen LogP contribution in [-0.4, -0.2) is 21.0 Å². The zero-order valence-corrected chi connectivity index (χ0v) is 10.6. The maximum Gasteiger partial charge on any atom is 0.257 e. The van der Waals surface area contributed by atoms with Gasteiger partial charge >= 0.3 is 0 Å². The lowest BCUT2D eigenvalue weighted by Crippen LogP contribution is -2.04. The summed E-state index contributed by atoms with van der Waals surface area (Å²) >= 11 is 0. The van der Waals surface area contributed by atoms with Gasteiger partial charge in [0.25, 0.3) is 5.91 Å². The fourth-order valence-electron chi connectivity index (χ4n) is 2.28. The third-order valence-electron chi connectivity index (χ3n) is 3.26. The van der Waals surface area contributed by atoms with Crippen molar-refractivity contribution >= 4 is 23.4 Å². The molecule has 1 amide bonds. The number of aromatic hydroxyl groups is 1. The summed E-state index contributed by atoms with van der Waals surface area (Å²) in [5.74, 6) is 0.438. The molecule has 0 unspecified atom stereocenters. The SMILES string of the molecule is Cc1nc2c(c(C)c1O)/C(=C/c1ccc[nH]1)C(=O)N2. The highest BCUT2D eigenvalue weighted by atomic mass is 16.3. The second-order valence-corrected chi connectivity index (χ2v) is 4.53. The van der Waals surface area contributed by atoms with Crippen molar-refractivity contribution in [3.63, 3.8) is 0 Å². The molecule has 0 saturated heterocycles. The van der Waals surface area contributed by atoms with Gasteiger partial charge in [0.15, 0.2) is 0 Å². The number of aromatic nitrogens is 2. The lowest BCUT2D eigenvalue weighted by Gasteiger charge is -2.07. The number of H-pyrrole nitrogens is 1. The summed E-state index contributed by atoms with van der Waals surface area (Å²) in [5, 5.41) is 12.7. The molecule has 0 aliphatic carbocycles. The monoisotopic (exact) mass is 255 g/mol. The van der Waals surface area contributed by atoms with E-state index in [2.05, 4.69) is 15.3 Å². The lowest BCUT2D eigenvalue weighted by atomic mass is 10.0. The Kier molecular flexibility index (Phi) is 2.41. The van der Waals surface area contributed by atoms with Crippen LogP contribution in [0.2, 0.25) is 0 Å². The number of nitrogens with zero attached hydrogens (tertiary/aromatic N) is 1. The first kappa shape index (κ1) is 11.5. The molecule has 3 heterocycles. The van der Waals surface area contributed by atoms with Crippen molar-refractivity contribution in [2.75, 3.05) is 5.32 Å². The summed E-state index contributed by atoms with van der Waals surface area (Å²) in [5.41, 5.74) is 3.19. The first-order valence-electron chi connectivity index (χ1n) is 5.95. The molecule has 2 aromatic rings. The average Bonchev–Trinajstić information content (AvgIpc) is 2.97. The molecule has 0 saturated carbocycles. The van der Waals surface area contributed by atoms with E-state index in [9.17, 15) is 9.90 Å². The van der Waals surface area contributed by atoms with Gasteiger partial charge in [0.05, 0.1) is 11.3 Å². The molecular weight excluding hydrogens is 242 g/mol. The maximum absolute atomic E-state index is 12.0. The molecule has 5 heteroatoms. The fraction of sp³-hybridized carbons (Fsp3) is 0.143. The molecule has 1 aliphatic heterocycles. The number of hydrogen-bond acceptors (Lipinski definition) is 3. The number of fused-ring (bicyclic) bond motifs is 1. The van der Waals surface area contributed by atoms with Gasteiger partial charge in [0.2, 0.25) is 0 Å². The van der Waals surface area contributed by atoms with Gasteiger partial charge in [0, 0.05) is 23.0 Å². The Morgan fingerprint density at radius 2 is 2.16 bits per heavy atom. The van der Waals surface area contributed by atoms with E-state index in [1.54, 1.807) is 26.1 Å². The number of amides is 1. The van der Waals surface area contributed by atoms with Crippen molar-refractivity contribution < 1.29 is 9.90 Å². The molecule has 1 aliphatic rings. The highest BCUT2D eigenvalue weighted by molar-refractivity contribution is 6.34. The van der Waals surface area contributed by atoms with Gasteiger partial charge in [-0.2, -0.15) is 0 Å². The Labute approximate surface area is 110 Å². The van der Waals surface area contributed by atoms with Crippen LogP contribution in [0.5, 0.6) is 5.75 Å². The number of nitrogens with one attached hydrogen (secondary N) is 2. The zero-order valence-electron chi connectivity index (χ0n) is 10.6. The Morgan fingerprint density at radius 1 is 1.37 bits per heavy atom. The molecule has 19 heavy (non-hydrogen) atoms. The number of aromatic amines is 1. The Balaban J connectivity index is 2.22. The molecule has 0 fully saturated rings. The molecule has 0 atom stereocenters. The maximum atomic E-state index is 12.0. The van der Waals surface area contributed by atoms with Crippen LogP contribution < -0.4 is 5.32 Å². The molecular formula is C14H13N3O2. The number of hydrogen-bond donors (Lipinski definition) is 3. The highest BCUT2D eigenvalue weighted by Crippen LogP contribution is 2.38. The van der Waals surface area contributed by atoms with E-state index >= 15 is 0 Å². The molecule has 3 N–H and O–H groups in total. The summed E-state index contributed by atoms with van der Waals surface area (Å²) < 4.78 is 0. The number of pyridine rings is 1. The van der Waals surface area contributed by atoms with Crippen molar-refractivity contribution in [3.8, 4) is 5.75 Å². The highest BCUT2D eigenvalue weighted by Gasteiger charge is 2.29. The van der Waals surface area contributed by atoms with Crippen LogP contribution in [0.25, 0.3) is 11.6 Å². The van der Waals surface area contributed by atoms with Crippen molar-refractivity contribution in [1.82, 2.24) is 9.97 Å². The van der Waals surface area contributed by atoms with Crippen LogP contribution in [0.1, 0.15) is 22.5 Å². The van der Waals surface area contributed by atoms with Crippen LogP contribution in [0.3, 0.4) is 0 Å². The van der Waals surface area contributed by atoms with Gasteiger partial charge in [-0.3, -0.25) is 4.79 Å². The second-order valence-electron chi connectivity index (χ2n) is 4.53. The van der Waals surface area contributed by atoms with Crippen LogP contribution >= 0.6 is 0 Å². The van der Waals surface area contributed by atoms with Gasteiger partial charge in [-0.05, 0) is 32.1 Å². The first-order valence-corrected chi connectivity index (χ1v) is 5.95. The minimum absolute atomic E-state index is 0.132. The molecule has 96 valence electrons. The standard InChI is InChI=1S/C14H13N3O2/c1-7-11-10(6-9-4-3-5-15-9)14(19)17-13(11)16-8(2)12(7)18/h3-6,15,18H,1-2H3,(H,16,17,19)/b10-6-. The quantitative estimate of drug-likeness (QED) is 0.684. The molecule has 0 aromatic carbocycles. The van der Waals surface area contributed by atoms with Crippen LogP contribution in [0.15, 0.2) is 18.3 Å². The largest absolute Gasteiger partial charge is 0.506 e. The van der Waals surface area contributed by atoms with Crippen molar-refractivity contribution in [1.29, 1.82) is 0 Å². The van der Waals surface area contributed by atoms with E-state index in [0.717, 1.165) is 5.69 Å². The average molecular weight is 255 g/mol. The van der Waals surface area contributed by atoms with E-state index in [4.69, 9.17) is 0 Å². The summed E-state index contributed by atoms with van der Waals surface area (Å²) in [6, 6.07) is 3.73. The minimum atomic E-state index is -0.204. The Morgan fingerprint density at radius 3 is 2.84 bits per heavy atom. The lowest BCUT2D eigenvalue weighted by molar-refractivity contribution is -0.110. The van der Waals surface area contributed by atoms with E-state index in [1.165, 1.54) is 0 Å². The van der Waals surface area contributed by atoms with Gasteiger partial charge in [0.1, 0.15) is 11.6 Å². The third kappa shape index (κ3) is 1.71. The number of rotatable bonds is 1. The molecule has 5 nitrogen and oxygen atoms in total. The smallest absolute Gasteiger partial charge is 0.257 e. The number of carbonyl (C=O) groups excluding carboxylic acids is 1. The molecule has 0 bridgehead atoms. The van der Waals surface area contributed by atoms with Gasteiger partial charge < -0.3 is 15.4 Å². The predicted molar refractivity (Wildman–Crippen MR) is 72.7 cm³/mol. The van der Waals surface area contributed by atoms with Crippen LogP contribution in [-0.2, 0) is 4.79 Å². The van der Waals surface area contributed by atoms with Crippen LogP contribution in [0.4, 0.5) is 5.82 Å². The first-order chi connectivity index (χ1) is 9.08. The van der Waals surface area contributed by atoms with E-state index in [0.29, 0.717) is 28.2 Å². The topological polar surface area (TPSA) is 78.0 Å². The summed E-state index contributed by atoms with van der Waals surface area (Å²) in [7, 11) is 0. The van der Waals surface area contributed by atoms with E-state index < -0.39 is 0 Å².